The van der Waals surface area contributed by atoms with Crippen molar-refractivity contribution in [3.05, 3.63) is 53.0 Å². The molecule has 0 aliphatic heterocycles. The zero-order valence-corrected chi connectivity index (χ0v) is 15.3. The van der Waals surface area contributed by atoms with Gasteiger partial charge in [-0.25, -0.2) is 0 Å². The van der Waals surface area contributed by atoms with Crippen molar-refractivity contribution in [1.29, 1.82) is 0 Å². The Bertz CT molecular complexity index is 521. The van der Waals surface area contributed by atoms with Crippen molar-refractivity contribution in [2.45, 2.75) is 20.8 Å². The first-order valence-corrected chi connectivity index (χ1v) is 9.84. The minimum absolute atomic E-state index is 0.181. The predicted octanol–water partition coefficient (Wildman–Crippen LogP) is 5.46. The van der Waals surface area contributed by atoms with E-state index in [9.17, 15) is 0 Å². The van der Waals surface area contributed by atoms with Crippen molar-refractivity contribution in [2.24, 2.45) is 0 Å². The van der Waals surface area contributed by atoms with Gasteiger partial charge in [0.1, 0.15) is 0 Å². The summed E-state index contributed by atoms with van der Waals surface area (Å²) in [5.41, 5.74) is 6.76. The SMILES string of the molecule is C[C]1C(c2ccccc2N(C)C)=CC(C)=C1C.[Cl][Cr][Cl]. The number of para-hydroxylation sites is 1. The predicted molar refractivity (Wildman–Crippen MR) is 87.7 cm³/mol. The summed E-state index contributed by atoms with van der Waals surface area (Å²) in [4.78, 5) is 2.17. The molecule has 20 heavy (non-hydrogen) atoms. The van der Waals surface area contributed by atoms with Crippen molar-refractivity contribution >= 4 is 31.4 Å². The number of hydrogen-bond acceptors (Lipinski definition) is 1. The normalized spacial score (nSPS) is 14.8. The molecule has 0 amide bonds. The Labute approximate surface area is 137 Å². The Balaban J connectivity index is 0.000000612. The molecule has 4 heteroatoms. The fraction of sp³-hybridized carbons (Fsp3) is 0.312. The van der Waals surface area contributed by atoms with Gasteiger partial charge in [-0.1, -0.05) is 42.3 Å². The van der Waals surface area contributed by atoms with Crippen molar-refractivity contribution in [1.82, 2.24) is 0 Å². The van der Waals surface area contributed by atoms with E-state index >= 15 is 0 Å². The maximum absolute atomic E-state index is 4.83. The van der Waals surface area contributed by atoms with Gasteiger partial charge in [-0.05, 0) is 25.5 Å². The molecule has 0 fully saturated rings. The average Bonchev–Trinajstić information content (AvgIpc) is 2.67. The van der Waals surface area contributed by atoms with Gasteiger partial charge in [0.2, 0.25) is 0 Å². The zero-order chi connectivity index (χ0) is 15.3. The van der Waals surface area contributed by atoms with Crippen LogP contribution in [0.25, 0.3) is 5.57 Å². The number of nitrogens with zero attached hydrogens (tertiary/aromatic N) is 1. The molecule has 1 aromatic rings. The molecule has 1 aliphatic rings. The summed E-state index contributed by atoms with van der Waals surface area (Å²) in [6.07, 6.45) is 2.30. The van der Waals surface area contributed by atoms with Crippen LogP contribution in [0.2, 0.25) is 0 Å². The molecule has 0 bridgehead atoms. The molecule has 0 heterocycles. The minimum atomic E-state index is -0.181. The molecule has 1 aromatic carbocycles. The first-order valence-electron chi connectivity index (χ1n) is 6.33. The van der Waals surface area contributed by atoms with E-state index in [0.717, 1.165) is 0 Å². The second-order valence-electron chi connectivity index (χ2n) is 4.96. The van der Waals surface area contributed by atoms with Crippen LogP contribution >= 0.6 is 20.1 Å². The van der Waals surface area contributed by atoms with Gasteiger partial charge in [-0.2, -0.15) is 0 Å². The Kier molecular flexibility index (Phi) is 7.20. The molecule has 0 aromatic heterocycles. The summed E-state index contributed by atoms with van der Waals surface area (Å²) in [5.74, 6) is 1.40. The number of allylic oxidation sites excluding steroid dienone is 4. The Morgan fingerprint density at radius 1 is 1.00 bits per heavy atom. The van der Waals surface area contributed by atoms with Gasteiger partial charge in [0.25, 0.3) is 0 Å². The zero-order valence-electron chi connectivity index (χ0n) is 12.5. The van der Waals surface area contributed by atoms with Gasteiger partial charge in [0, 0.05) is 31.3 Å². The van der Waals surface area contributed by atoms with Crippen molar-refractivity contribution in [3.63, 3.8) is 0 Å². The molecule has 0 saturated heterocycles. The van der Waals surface area contributed by atoms with Gasteiger partial charge in [0.05, 0.1) is 0 Å². The molecule has 1 aliphatic carbocycles. The number of rotatable bonds is 2. The number of hydrogen-bond donors (Lipinski definition) is 0. The first kappa shape index (κ1) is 17.7. The van der Waals surface area contributed by atoms with Gasteiger partial charge >= 0.3 is 33.5 Å². The molecule has 0 unspecified atom stereocenters. The van der Waals surface area contributed by atoms with Crippen LogP contribution < -0.4 is 4.90 Å². The van der Waals surface area contributed by atoms with E-state index in [0.29, 0.717) is 0 Å². The maximum atomic E-state index is 4.83. The van der Waals surface area contributed by atoms with Gasteiger partial charge in [0.15, 0.2) is 0 Å². The topological polar surface area (TPSA) is 3.24 Å². The van der Waals surface area contributed by atoms with Crippen molar-refractivity contribution in [3.8, 4) is 0 Å². The van der Waals surface area contributed by atoms with Crippen LogP contribution in [0.15, 0.2) is 41.5 Å². The second kappa shape index (κ2) is 8.15. The van der Waals surface area contributed by atoms with Crippen LogP contribution in [0.5, 0.6) is 0 Å². The molecule has 109 valence electrons. The molecular formula is C16H20Cl2CrN. The molecule has 2 rings (SSSR count). The monoisotopic (exact) mass is 348 g/mol. The summed E-state index contributed by atoms with van der Waals surface area (Å²) < 4.78 is 0. The van der Waals surface area contributed by atoms with Crippen molar-refractivity contribution in [2.75, 3.05) is 19.0 Å². The second-order valence-corrected chi connectivity index (χ2v) is 7.07. The third-order valence-corrected chi connectivity index (χ3v) is 3.59. The molecule has 0 atom stereocenters. The molecular weight excluding hydrogens is 329 g/mol. The molecule has 0 spiro atoms. The van der Waals surface area contributed by atoms with E-state index in [1.807, 2.05) is 0 Å². The summed E-state index contributed by atoms with van der Waals surface area (Å²) in [6.45, 7) is 6.60. The fourth-order valence-corrected chi connectivity index (χ4v) is 2.30. The quantitative estimate of drug-likeness (QED) is 0.686. The Hall–Kier alpha value is -0.388. The van der Waals surface area contributed by atoms with E-state index in [-0.39, 0.29) is 13.4 Å². The van der Waals surface area contributed by atoms with E-state index in [1.54, 1.807) is 0 Å². The third-order valence-electron chi connectivity index (χ3n) is 3.59. The Morgan fingerprint density at radius 2 is 1.55 bits per heavy atom. The average molecular weight is 349 g/mol. The van der Waals surface area contributed by atoms with Gasteiger partial charge in [-0.15, -0.1) is 0 Å². The van der Waals surface area contributed by atoms with Crippen LogP contribution in [-0.2, 0) is 13.4 Å². The molecule has 1 radical (unpaired) electrons. The Morgan fingerprint density at radius 3 is 2.00 bits per heavy atom. The van der Waals surface area contributed by atoms with Crippen LogP contribution in [0, 0.1) is 5.92 Å². The van der Waals surface area contributed by atoms with Crippen LogP contribution in [0.3, 0.4) is 0 Å². The summed E-state index contributed by atoms with van der Waals surface area (Å²) in [6, 6.07) is 8.58. The van der Waals surface area contributed by atoms with E-state index in [1.165, 1.54) is 33.9 Å². The summed E-state index contributed by atoms with van der Waals surface area (Å²) >= 11 is -0.181. The van der Waals surface area contributed by atoms with E-state index < -0.39 is 0 Å². The first-order chi connectivity index (χ1) is 9.43. The van der Waals surface area contributed by atoms with Crippen LogP contribution in [-0.4, -0.2) is 14.1 Å². The molecule has 1 nitrogen and oxygen atoms in total. The van der Waals surface area contributed by atoms with Gasteiger partial charge in [-0.3, -0.25) is 0 Å². The van der Waals surface area contributed by atoms with Crippen LogP contribution in [0.4, 0.5) is 5.69 Å². The molecule has 0 N–H and O–H groups in total. The third kappa shape index (κ3) is 4.06. The number of anilines is 1. The number of benzene rings is 1. The van der Waals surface area contributed by atoms with Crippen molar-refractivity contribution < 1.29 is 13.4 Å². The van der Waals surface area contributed by atoms with E-state index in [4.69, 9.17) is 20.1 Å². The standard InChI is InChI=1S/C16H20N.2ClH.Cr/c1-11-10-15(13(3)12(11)2)14-8-6-7-9-16(14)17(4)5;;;/h6-10H,1-5H3;2*1H;/q;;;+2/p-2. The van der Waals surface area contributed by atoms with Crippen LogP contribution in [0.1, 0.15) is 26.3 Å². The fourth-order valence-electron chi connectivity index (χ4n) is 2.30. The molecule has 0 saturated carbocycles. The summed E-state index contributed by atoms with van der Waals surface area (Å²) in [5, 5.41) is 0. The number of halogens is 2. The van der Waals surface area contributed by atoms with E-state index in [2.05, 4.69) is 70.1 Å². The van der Waals surface area contributed by atoms with Gasteiger partial charge < -0.3 is 4.90 Å². The summed E-state index contributed by atoms with van der Waals surface area (Å²) in [7, 11) is 13.8.